The van der Waals surface area contributed by atoms with Gasteiger partial charge in [0.05, 0.1) is 6.21 Å². The van der Waals surface area contributed by atoms with Gasteiger partial charge >= 0.3 is 0 Å². The molecule has 0 aliphatic carbocycles. The van der Waals surface area contributed by atoms with Crippen LogP contribution in [-0.2, 0) is 6.61 Å². The number of para-hydroxylation sites is 1. The van der Waals surface area contributed by atoms with Crippen molar-refractivity contribution in [2.45, 2.75) is 6.61 Å². The first-order valence-electron chi connectivity index (χ1n) is 7.33. The summed E-state index contributed by atoms with van der Waals surface area (Å²) in [4.78, 5) is 0. The summed E-state index contributed by atoms with van der Waals surface area (Å²) in [6.45, 7) is 4.65. The Balaban J connectivity index is 1.95. The standard InChI is InChI=1S/C18H18ClN3OS/c1-2-11-20-18(24)22-21-12-15-5-3-4-6-17(15)23-13-14-7-9-16(19)10-8-14/h2-10,12H,1,11,13H2,(H2,20,22,24)/b21-12-. The lowest BCUT2D eigenvalue weighted by Crippen LogP contribution is -2.31. The van der Waals surface area contributed by atoms with Crippen LogP contribution in [0.3, 0.4) is 0 Å². The number of nitrogens with zero attached hydrogens (tertiary/aromatic N) is 1. The molecule has 0 aliphatic rings. The maximum atomic E-state index is 5.88. The summed E-state index contributed by atoms with van der Waals surface area (Å²) in [5, 5.41) is 8.18. The van der Waals surface area contributed by atoms with Crippen molar-refractivity contribution in [1.29, 1.82) is 0 Å². The van der Waals surface area contributed by atoms with Crippen molar-refractivity contribution in [2.24, 2.45) is 5.10 Å². The second-order valence-corrected chi connectivity index (χ2v) is 5.67. The fourth-order valence-corrected chi connectivity index (χ4v) is 2.09. The number of ether oxygens (including phenoxy) is 1. The van der Waals surface area contributed by atoms with Crippen molar-refractivity contribution < 1.29 is 4.74 Å². The first kappa shape index (κ1) is 18.0. The number of hydrogen-bond donors (Lipinski definition) is 2. The molecule has 24 heavy (non-hydrogen) atoms. The van der Waals surface area contributed by atoms with Crippen LogP contribution < -0.4 is 15.5 Å². The zero-order chi connectivity index (χ0) is 17.2. The molecule has 0 aliphatic heterocycles. The third kappa shape index (κ3) is 6.02. The topological polar surface area (TPSA) is 45.7 Å². The summed E-state index contributed by atoms with van der Waals surface area (Å²) in [7, 11) is 0. The molecule has 2 rings (SSSR count). The molecule has 124 valence electrons. The molecule has 0 fully saturated rings. The summed E-state index contributed by atoms with van der Waals surface area (Å²) < 4.78 is 5.86. The molecule has 2 aromatic rings. The lowest BCUT2D eigenvalue weighted by atomic mass is 10.2. The molecule has 0 heterocycles. The first-order valence-corrected chi connectivity index (χ1v) is 8.11. The molecule has 0 spiro atoms. The van der Waals surface area contributed by atoms with Crippen LogP contribution in [0, 0.1) is 0 Å². The van der Waals surface area contributed by atoms with E-state index in [1.807, 2.05) is 48.5 Å². The highest BCUT2D eigenvalue weighted by molar-refractivity contribution is 7.80. The molecule has 0 radical (unpaired) electrons. The van der Waals surface area contributed by atoms with Crippen LogP contribution in [0.2, 0.25) is 5.02 Å². The molecule has 0 aromatic heterocycles. The monoisotopic (exact) mass is 359 g/mol. The molecule has 2 aromatic carbocycles. The van der Waals surface area contributed by atoms with E-state index in [4.69, 9.17) is 28.6 Å². The summed E-state index contributed by atoms with van der Waals surface area (Å²) in [6, 6.07) is 15.2. The molecule has 2 N–H and O–H groups in total. The third-order valence-corrected chi connectivity index (χ3v) is 3.49. The lowest BCUT2D eigenvalue weighted by molar-refractivity contribution is 0.306. The van der Waals surface area contributed by atoms with E-state index in [-0.39, 0.29) is 0 Å². The second kappa shape index (κ2) is 9.70. The van der Waals surface area contributed by atoms with Gasteiger partial charge in [-0.05, 0) is 42.0 Å². The number of nitrogens with one attached hydrogen (secondary N) is 2. The maximum Gasteiger partial charge on any atom is 0.187 e. The molecule has 0 atom stereocenters. The van der Waals surface area contributed by atoms with Gasteiger partial charge in [0.25, 0.3) is 0 Å². The fourth-order valence-electron chi connectivity index (χ4n) is 1.83. The average molecular weight is 360 g/mol. The number of hydrazone groups is 1. The fraction of sp³-hybridized carbons (Fsp3) is 0.111. The minimum Gasteiger partial charge on any atom is -0.488 e. The smallest absolute Gasteiger partial charge is 0.187 e. The van der Waals surface area contributed by atoms with Crippen molar-refractivity contribution in [3.8, 4) is 5.75 Å². The second-order valence-electron chi connectivity index (χ2n) is 4.82. The van der Waals surface area contributed by atoms with Crippen molar-refractivity contribution >= 4 is 35.1 Å². The van der Waals surface area contributed by atoms with Crippen LogP contribution in [0.15, 0.2) is 66.3 Å². The van der Waals surface area contributed by atoms with E-state index in [1.54, 1.807) is 12.3 Å². The van der Waals surface area contributed by atoms with E-state index in [2.05, 4.69) is 22.4 Å². The van der Waals surface area contributed by atoms with E-state index in [1.165, 1.54) is 0 Å². The average Bonchev–Trinajstić information content (AvgIpc) is 2.60. The molecular weight excluding hydrogens is 342 g/mol. The predicted molar refractivity (Wildman–Crippen MR) is 104 cm³/mol. The Morgan fingerprint density at radius 3 is 2.71 bits per heavy atom. The van der Waals surface area contributed by atoms with E-state index >= 15 is 0 Å². The van der Waals surface area contributed by atoms with E-state index in [0.717, 1.165) is 16.9 Å². The van der Waals surface area contributed by atoms with E-state index in [9.17, 15) is 0 Å². The summed E-state index contributed by atoms with van der Waals surface area (Å²) in [5.41, 5.74) is 4.64. The SMILES string of the molecule is C=CCNC(=S)N/N=C\c1ccccc1OCc1ccc(Cl)cc1. The molecular formula is C18H18ClN3OS. The van der Waals surface area contributed by atoms with Gasteiger partial charge in [0, 0.05) is 17.1 Å². The molecule has 4 nitrogen and oxygen atoms in total. The largest absolute Gasteiger partial charge is 0.488 e. The van der Waals surface area contributed by atoms with Crippen molar-refractivity contribution in [2.75, 3.05) is 6.54 Å². The third-order valence-electron chi connectivity index (χ3n) is 3.00. The molecule has 6 heteroatoms. The molecule has 0 unspecified atom stereocenters. The summed E-state index contributed by atoms with van der Waals surface area (Å²) >= 11 is 10.9. The number of rotatable bonds is 7. The van der Waals surface area contributed by atoms with Gasteiger partial charge in [-0.3, -0.25) is 5.43 Å². The van der Waals surface area contributed by atoms with E-state index in [0.29, 0.717) is 23.3 Å². The van der Waals surface area contributed by atoms with E-state index < -0.39 is 0 Å². The van der Waals surface area contributed by atoms with Crippen LogP contribution in [0.5, 0.6) is 5.75 Å². The van der Waals surface area contributed by atoms with Gasteiger partial charge < -0.3 is 10.1 Å². The highest BCUT2D eigenvalue weighted by atomic mass is 35.5. The zero-order valence-electron chi connectivity index (χ0n) is 13.0. The van der Waals surface area contributed by atoms with Crippen LogP contribution >= 0.6 is 23.8 Å². The number of hydrogen-bond acceptors (Lipinski definition) is 3. The highest BCUT2D eigenvalue weighted by Crippen LogP contribution is 2.18. The van der Waals surface area contributed by atoms with Gasteiger partial charge in [-0.25, -0.2) is 0 Å². The Labute approximate surface area is 152 Å². The Morgan fingerprint density at radius 2 is 1.96 bits per heavy atom. The highest BCUT2D eigenvalue weighted by Gasteiger charge is 2.02. The Kier molecular flexibility index (Phi) is 7.26. The van der Waals surface area contributed by atoms with Gasteiger partial charge in [-0.1, -0.05) is 41.9 Å². The normalized spacial score (nSPS) is 10.4. The Bertz CT molecular complexity index is 716. The maximum absolute atomic E-state index is 5.88. The van der Waals surface area contributed by atoms with Gasteiger partial charge in [0.1, 0.15) is 12.4 Å². The van der Waals surface area contributed by atoms with Crippen LogP contribution in [0.25, 0.3) is 0 Å². The quantitative estimate of drug-likeness (QED) is 0.340. The predicted octanol–water partition coefficient (Wildman–Crippen LogP) is 3.90. The Hall–Kier alpha value is -2.37. The van der Waals surface area contributed by atoms with Crippen molar-refractivity contribution in [3.05, 3.63) is 77.3 Å². The van der Waals surface area contributed by atoms with Crippen LogP contribution in [0.1, 0.15) is 11.1 Å². The molecule has 0 bridgehead atoms. The van der Waals surface area contributed by atoms with Crippen LogP contribution in [0.4, 0.5) is 0 Å². The number of benzene rings is 2. The molecule has 0 amide bonds. The van der Waals surface area contributed by atoms with Gasteiger partial charge in [-0.2, -0.15) is 5.10 Å². The number of halogens is 1. The van der Waals surface area contributed by atoms with Gasteiger partial charge in [0.2, 0.25) is 0 Å². The Morgan fingerprint density at radius 1 is 1.21 bits per heavy atom. The van der Waals surface area contributed by atoms with Crippen molar-refractivity contribution in [1.82, 2.24) is 10.7 Å². The van der Waals surface area contributed by atoms with Crippen LogP contribution in [-0.4, -0.2) is 17.9 Å². The molecule has 0 saturated heterocycles. The van der Waals surface area contributed by atoms with Gasteiger partial charge in [0.15, 0.2) is 5.11 Å². The zero-order valence-corrected chi connectivity index (χ0v) is 14.6. The minimum atomic E-state index is 0.436. The summed E-state index contributed by atoms with van der Waals surface area (Å²) in [5.74, 6) is 0.739. The minimum absolute atomic E-state index is 0.436. The lowest BCUT2D eigenvalue weighted by Gasteiger charge is -2.09. The summed E-state index contributed by atoms with van der Waals surface area (Å²) in [6.07, 6.45) is 3.39. The molecule has 0 saturated carbocycles. The number of thiocarbonyl (C=S) groups is 1. The first-order chi connectivity index (χ1) is 11.7. The van der Waals surface area contributed by atoms with Crippen molar-refractivity contribution in [3.63, 3.8) is 0 Å². The van der Waals surface area contributed by atoms with Gasteiger partial charge in [-0.15, -0.1) is 6.58 Å².